The zero-order chi connectivity index (χ0) is 19.4. The summed E-state index contributed by atoms with van der Waals surface area (Å²) >= 11 is 0. The highest BCUT2D eigenvalue weighted by atomic mass is 19.4. The van der Waals surface area contributed by atoms with E-state index in [-0.39, 0.29) is 4.57 Å². The Labute approximate surface area is 140 Å². The van der Waals surface area contributed by atoms with Gasteiger partial charge in [-0.1, -0.05) is 20.3 Å². The molecule has 11 heteroatoms. The first-order valence-electron chi connectivity index (χ1n) is 7.58. The molecule has 2 heterocycles. The van der Waals surface area contributed by atoms with Crippen LogP contribution >= 0.6 is 0 Å². The lowest BCUT2D eigenvalue weighted by Crippen LogP contribution is -2.38. The van der Waals surface area contributed by atoms with E-state index < -0.39 is 60.6 Å². The van der Waals surface area contributed by atoms with Crippen LogP contribution in [0.4, 0.5) is 13.2 Å². The van der Waals surface area contributed by atoms with E-state index >= 15 is 0 Å². The number of hydrogen-bond acceptors (Lipinski definition) is 6. The summed E-state index contributed by atoms with van der Waals surface area (Å²) in [5.41, 5.74) is -2.76. The molecule has 0 amide bonds. The normalized spacial score (nSPS) is 26.2. The first-order valence-corrected chi connectivity index (χ1v) is 7.58. The van der Waals surface area contributed by atoms with Crippen LogP contribution in [0.15, 0.2) is 15.8 Å². The number of hydrogen-bond donors (Lipinski definition) is 4. The number of aliphatic hydroxyl groups is 3. The number of aromatic nitrogens is 2. The molecule has 1 aliphatic heterocycles. The first-order chi connectivity index (χ1) is 11.6. The van der Waals surface area contributed by atoms with Crippen molar-refractivity contribution in [2.24, 2.45) is 0 Å². The molecule has 1 aromatic heterocycles. The van der Waals surface area contributed by atoms with Crippen molar-refractivity contribution >= 4 is 0 Å². The summed E-state index contributed by atoms with van der Waals surface area (Å²) in [7, 11) is 0. The zero-order valence-corrected chi connectivity index (χ0v) is 13.7. The Bertz CT molecular complexity index is 672. The van der Waals surface area contributed by atoms with Gasteiger partial charge in [0, 0.05) is 6.20 Å². The molecule has 144 valence electrons. The van der Waals surface area contributed by atoms with Gasteiger partial charge < -0.3 is 20.1 Å². The van der Waals surface area contributed by atoms with Crippen molar-refractivity contribution in [2.75, 3.05) is 6.61 Å². The molecule has 0 aromatic carbocycles. The van der Waals surface area contributed by atoms with Gasteiger partial charge in [-0.3, -0.25) is 14.3 Å². The second-order valence-corrected chi connectivity index (χ2v) is 5.55. The fourth-order valence-corrected chi connectivity index (χ4v) is 2.20. The molecule has 8 nitrogen and oxygen atoms in total. The number of ether oxygens (including phenoxy) is 1. The number of nitrogens with one attached hydrogen (secondary N) is 1. The summed E-state index contributed by atoms with van der Waals surface area (Å²) in [5.74, 6) is 0. The van der Waals surface area contributed by atoms with E-state index in [4.69, 9.17) is 9.84 Å². The molecule has 0 radical (unpaired) electrons. The molecule has 1 aliphatic rings. The van der Waals surface area contributed by atoms with Gasteiger partial charge in [0.05, 0.1) is 12.2 Å². The number of alkyl halides is 3. The molecule has 4 N–H and O–H groups in total. The Hall–Kier alpha value is -1.69. The molecule has 4 unspecified atom stereocenters. The van der Waals surface area contributed by atoms with Gasteiger partial charge in [0.2, 0.25) is 0 Å². The van der Waals surface area contributed by atoms with Gasteiger partial charge in [-0.05, 0) is 0 Å². The first kappa shape index (κ1) is 21.4. The third-order valence-electron chi connectivity index (χ3n) is 3.24. The van der Waals surface area contributed by atoms with E-state index in [1.54, 1.807) is 4.98 Å². The second-order valence-electron chi connectivity index (χ2n) is 5.55. The second kappa shape index (κ2) is 8.61. The van der Waals surface area contributed by atoms with Crippen LogP contribution in [0.1, 0.15) is 31.9 Å². The molecule has 0 bridgehead atoms. The molecule has 0 spiro atoms. The highest BCUT2D eigenvalue weighted by Crippen LogP contribution is 2.31. The van der Waals surface area contributed by atoms with Crippen LogP contribution in [0.3, 0.4) is 0 Å². The maximum Gasteiger partial charge on any atom is 0.406 e. The quantitative estimate of drug-likeness (QED) is 0.577. The summed E-state index contributed by atoms with van der Waals surface area (Å²) < 4.78 is 42.4. The Kier molecular flexibility index (Phi) is 7.35. The molecular formula is C14H21F3N2O6. The molecule has 4 atom stereocenters. The van der Waals surface area contributed by atoms with E-state index in [0.29, 0.717) is 6.20 Å². The summed E-state index contributed by atoms with van der Waals surface area (Å²) in [5, 5.41) is 28.3. The summed E-state index contributed by atoms with van der Waals surface area (Å²) in [6, 6.07) is 0. The van der Waals surface area contributed by atoms with Gasteiger partial charge >= 0.3 is 11.9 Å². The minimum Gasteiger partial charge on any atom is -0.394 e. The molecule has 0 saturated carbocycles. The van der Waals surface area contributed by atoms with E-state index in [1.165, 1.54) is 6.42 Å². The monoisotopic (exact) mass is 370 g/mol. The van der Waals surface area contributed by atoms with Gasteiger partial charge in [-0.2, -0.15) is 13.2 Å². The largest absolute Gasteiger partial charge is 0.406 e. The molecule has 1 fully saturated rings. The number of nitrogens with zero attached hydrogens (tertiary/aromatic N) is 1. The Morgan fingerprint density at radius 1 is 1.24 bits per heavy atom. The van der Waals surface area contributed by atoms with Crippen LogP contribution < -0.4 is 11.2 Å². The number of aliphatic hydroxyl groups excluding tert-OH is 3. The minimum absolute atomic E-state index is 0.214. The highest BCUT2D eigenvalue weighted by molar-refractivity contribution is 5.14. The van der Waals surface area contributed by atoms with Crippen molar-refractivity contribution in [1.82, 2.24) is 9.55 Å². The summed E-state index contributed by atoms with van der Waals surface area (Å²) in [6.07, 6.45) is -8.62. The van der Waals surface area contributed by atoms with Crippen LogP contribution in [-0.2, 0) is 11.3 Å². The summed E-state index contributed by atoms with van der Waals surface area (Å²) in [6.45, 7) is 1.96. The average molecular weight is 370 g/mol. The Morgan fingerprint density at radius 2 is 1.80 bits per heavy atom. The van der Waals surface area contributed by atoms with Crippen molar-refractivity contribution in [1.29, 1.82) is 0 Å². The molecule has 2 rings (SSSR count). The van der Waals surface area contributed by atoms with Crippen LogP contribution in [0.25, 0.3) is 0 Å². The van der Waals surface area contributed by atoms with Crippen molar-refractivity contribution in [3.63, 3.8) is 0 Å². The lowest BCUT2D eigenvalue weighted by atomic mass is 10.0. The Morgan fingerprint density at radius 3 is 2.24 bits per heavy atom. The standard InChI is InChI=1S/C11H13F3N2O6.C3H8/c12-11(13,14)3-16-1-4(9(20)15-10(16)21)8-7(19)6(18)5(2-17)22-8;1-3-2/h1,5-8,17-19H,2-3H2,(H,15,20,21);3H2,1-2H3. The van der Waals surface area contributed by atoms with Gasteiger partial charge in [0.1, 0.15) is 31.0 Å². The minimum atomic E-state index is -4.69. The van der Waals surface area contributed by atoms with Gasteiger partial charge in [0.25, 0.3) is 5.56 Å². The SMILES string of the molecule is CCC.O=c1[nH]c(=O)n(CC(F)(F)F)cc1C1OC(CO)C(O)C1O. The molecule has 0 aliphatic carbocycles. The smallest absolute Gasteiger partial charge is 0.394 e. The fraction of sp³-hybridized carbons (Fsp3) is 0.714. The van der Waals surface area contributed by atoms with Crippen molar-refractivity contribution in [3.8, 4) is 0 Å². The predicted octanol–water partition coefficient (Wildman–Crippen LogP) is -0.331. The average Bonchev–Trinajstić information content (AvgIpc) is 2.77. The van der Waals surface area contributed by atoms with Crippen molar-refractivity contribution < 1.29 is 33.2 Å². The number of H-pyrrole nitrogens is 1. The lowest BCUT2D eigenvalue weighted by Gasteiger charge is -2.16. The molecular weight excluding hydrogens is 349 g/mol. The Balaban J connectivity index is 0.000000970. The number of rotatable bonds is 3. The topological polar surface area (TPSA) is 125 Å². The number of halogens is 3. The highest BCUT2D eigenvalue weighted by Gasteiger charge is 2.44. The van der Waals surface area contributed by atoms with Crippen LogP contribution in [0.5, 0.6) is 0 Å². The van der Waals surface area contributed by atoms with Gasteiger partial charge in [-0.25, -0.2) is 4.79 Å². The molecule has 1 aromatic rings. The molecule has 1 saturated heterocycles. The van der Waals surface area contributed by atoms with Crippen LogP contribution in [0.2, 0.25) is 0 Å². The fourth-order valence-electron chi connectivity index (χ4n) is 2.20. The van der Waals surface area contributed by atoms with Gasteiger partial charge in [-0.15, -0.1) is 0 Å². The van der Waals surface area contributed by atoms with E-state index in [9.17, 15) is 33.0 Å². The third-order valence-corrected chi connectivity index (χ3v) is 3.24. The van der Waals surface area contributed by atoms with E-state index in [2.05, 4.69) is 13.8 Å². The van der Waals surface area contributed by atoms with Crippen LogP contribution in [0, 0.1) is 0 Å². The number of aromatic amines is 1. The van der Waals surface area contributed by atoms with Crippen molar-refractivity contribution in [2.45, 2.75) is 57.4 Å². The van der Waals surface area contributed by atoms with E-state index in [0.717, 1.165) is 0 Å². The lowest BCUT2D eigenvalue weighted by molar-refractivity contribution is -0.141. The van der Waals surface area contributed by atoms with E-state index in [1.807, 2.05) is 0 Å². The van der Waals surface area contributed by atoms with Crippen LogP contribution in [-0.4, -0.2) is 56.0 Å². The third kappa shape index (κ3) is 5.39. The predicted molar refractivity (Wildman–Crippen MR) is 80.1 cm³/mol. The maximum atomic E-state index is 12.4. The van der Waals surface area contributed by atoms with Gasteiger partial charge in [0.15, 0.2) is 0 Å². The molecule has 25 heavy (non-hydrogen) atoms. The van der Waals surface area contributed by atoms with Crippen molar-refractivity contribution in [3.05, 3.63) is 32.6 Å². The maximum absolute atomic E-state index is 12.4. The summed E-state index contributed by atoms with van der Waals surface area (Å²) in [4.78, 5) is 24.8. The zero-order valence-electron chi connectivity index (χ0n) is 13.7.